The lowest BCUT2D eigenvalue weighted by atomic mass is 10.0. The second kappa shape index (κ2) is 7.97. The van der Waals surface area contributed by atoms with Gasteiger partial charge in [-0.15, -0.1) is 0 Å². The standard InChI is InChI=1S/C13H14BrNO5.H3NO/c1-19-10-6-7(5-8(14)11(10)20-2)12(16)15-4-3-9(15)13(17)18;1-2/h5-6,9H,3-4H2,1-2H3,(H,17,18);2H,1H2. The third kappa shape index (κ3) is 3.49. The van der Waals surface area contributed by atoms with Crippen molar-refractivity contribution in [3.05, 3.63) is 22.2 Å². The summed E-state index contributed by atoms with van der Waals surface area (Å²) in [5.74, 6) is 3.09. The summed E-state index contributed by atoms with van der Waals surface area (Å²) in [5, 5.41) is 15.5. The molecule has 1 amide bonds. The lowest BCUT2D eigenvalue weighted by molar-refractivity contribution is -0.146. The van der Waals surface area contributed by atoms with Crippen molar-refractivity contribution in [1.29, 1.82) is 0 Å². The third-order valence-corrected chi connectivity index (χ3v) is 3.84. The number of nitrogens with two attached hydrogens (primary N) is 1. The van der Waals surface area contributed by atoms with Crippen LogP contribution in [0.25, 0.3) is 0 Å². The number of carbonyl (C=O) groups excluding carboxylic acids is 1. The van der Waals surface area contributed by atoms with E-state index in [2.05, 4.69) is 21.8 Å². The quantitative estimate of drug-likeness (QED) is 0.672. The summed E-state index contributed by atoms with van der Waals surface area (Å²) in [4.78, 5) is 24.6. The first kappa shape index (κ1) is 18.2. The van der Waals surface area contributed by atoms with Crippen LogP contribution in [0.1, 0.15) is 16.8 Å². The smallest absolute Gasteiger partial charge is 0.326 e. The van der Waals surface area contributed by atoms with Crippen LogP contribution in [0.4, 0.5) is 0 Å². The SMILES string of the molecule is COc1cc(C(=O)N2CCC2C(=O)O)cc(Br)c1OC.NO. The lowest BCUT2D eigenvalue weighted by Crippen LogP contribution is -2.55. The van der Waals surface area contributed by atoms with Gasteiger partial charge in [0.2, 0.25) is 0 Å². The highest BCUT2D eigenvalue weighted by Gasteiger charge is 2.38. The molecule has 1 heterocycles. The number of halogens is 1. The molecule has 122 valence electrons. The third-order valence-electron chi connectivity index (χ3n) is 3.25. The van der Waals surface area contributed by atoms with Gasteiger partial charge in [0.05, 0.1) is 18.7 Å². The number of likely N-dealkylation sites (tertiary alicyclic amines) is 1. The van der Waals surface area contributed by atoms with Crippen molar-refractivity contribution in [3.8, 4) is 11.5 Å². The summed E-state index contributed by atoms with van der Waals surface area (Å²) >= 11 is 3.31. The zero-order valence-electron chi connectivity index (χ0n) is 12.1. The van der Waals surface area contributed by atoms with Gasteiger partial charge < -0.3 is 24.7 Å². The molecule has 4 N–H and O–H groups in total. The molecule has 8 nitrogen and oxygen atoms in total. The Bertz CT molecular complexity index is 566. The van der Waals surface area contributed by atoms with Crippen molar-refractivity contribution in [1.82, 2.24) is 4.90 Å². The average molecular weight is 377 g/mol. The number of carbonyl (C=O) groups is 2. The highest BCUT2D eigenvalue weighted by molar-refractivity contribution is 9.10. The number of nitrogens with zero attached hydrogens (tertiary/aromatic N) is 1. The molecule has 9 heteroatoms. The van der Waals surface area contributed by atoms with Crippen molar-refractivity contribution < 1.29 is 29.4 Å². The molecule has 0 bridgehead atoms. The van der Waals surface area contributed by atoms with E-state index in [1.807, 2.05) is 0 Å². The largest absolute Gasteiger partial charge is 0.493 e. The minimum Gasteiger partial charge on any atom is -0.493 e. The zero-order valence-corrected chi connectivity index (χ0v) is 13.7. The van der Waals surface area contributed by atoms with Crippen LogP contribution in [0.15, 0.2) is 16.6 Å². The average Bonchev–Trinajstić information content (AvgIpc) is 2.46. The minimum absolute atomic E-state index is 0.328. The highest BCUT2D eigenvalue weighted by Crippen LogP contribution is 2.37. The molecule has 0 radical (unpaired) electrons. The van der Waals surface area contributed by atoms with E-state index in [1.165, 1.54) is 19.1 Å². The molecule has 1 aromatic carbocycles. The fourth-order valence-electron chi connectivity index (χ4n) is 2.09. The van der Waals surface area contributed by atoms with Crippen molar-refractivity contribution in [2.75, 3.05) is 20.8 Å². The summed E-state index contributed by atoms with van der Waals surface area (Å²) in [6, 6.07) is 2.40. The molecular formula is C13H17BrN2O6. The number of ether oxygens (including phenoxy) is 2. The van der Waals surface area contributed by atoms with Gasteiger partial charge in [0.25, 0.3) is 5.91 Å². The molecule has 1 unspecified atom stereocenters. The van der Waals surface area contributed by atoms with Crippen LogP contribution in [0.2, 0.25) is 0 Å². The Balaban J connectivity index is 0.00000116. The Morgan fingerprint density at radius 1 is 1.32 bits per heavy atom. The molecule has 2 rings (SSSR count). The van der Waals surface area contributed by atoms with Crippen molar-refractivity contribution in [2.24, 2.45) is 5.90 Å². The molecule has 1 aliphatic heterocycles. The molecule has 1 fully saturated rings. The number of carboxylic acids is 1. The van der Waals surface area contributed by atoms with E-state index >= 15 is 0 Å². The van der Waals surface area contributed by atoms with Crippen LogP contribution in [0.3, 0.4) is 0 Å². The first-order chi connectivity index (χ1) is 10.5. The summed E-state index contributed by atoms with van der Waals surface area (Å²) < 4.78 is 10.9. The summed E-state index contributed by atoms with van der Waals surface area (Å²) in [5.41, 5.74) is 0.362. The van der Waals surface area contributed by atoms with Crippen molar-refractivity contribution >= 4 is 27.8 Å². The van der Waals surface area contributed by atoms with Crippen LogP contribution in [-0.2, 0) is 4.79 Å². The van der Waals surface area contributed by atoms with Crippen molar-refractivity contribution in [3.63, 3.8) is 0 Å². The van der Waals surface area contributed by atoms with Crippen LogP contribution < -0.4 is 15.4 Å². The van der Waals surface area contributed by atoms with E-state index in [1.54, 1.807) is 12.1 Å². The molecule has 1 atom stereocenters. The molecule has 1 aromatic rings. The molecule has 1 saturated heterocycles. The van der Waals surface area contributed by atoms with Crippen LogP contribution in [0.5, 0.6) is 11.5 Å². The summed E-state index contributed by atoms with van der Waals surface area (Å²) in [6.07, 6.45) is 0.482. The van der Waals surface area contributed by atoms with Gasteiger partial charge in [-0.1, -0.05) is 0 Å². The first-order valence-corrected chi connectivity index (χ1v) is 7.00. The second-order valence-corrected chi connectivity index (χ2v) is 5.19. The summed E-state index contributed by atoms with van der Waals surface area (Å²) in [7, 11) is 2.97. The van der Waals surface area contributed by atoms with E-state index in [-0.39, 0.29) is 5.91 Å². The molecule has 1 aliphatic rings. The van der Waals surface area contributed by atoms with Gasteiger partial charge in [-0.3, -0.25) is 4.79 Å². The van der Waals surface area contributed by atoms with Gasteiger partial charge in [-0.2, -0.15) is 0 Å². The fourth-order valence-corrected chi connectivity index (χ4v) is 2.70. The zero-order chi connectivity index (χ0) is 16.9. The van der Waals surface area contributed by atoms with E-state index in [9.17, 15) is 9.59 Å². The molecule has 0 saturated carbocycles. The van der Waals surface area contributed by atoms with Gasteiger partial charge in [-0.05, 0) is 34.5 Å². The Labute approximate surface area is 135 Å². The number of rotatable bonds is 4. The maximum absolute atomic E-state index is 12.3. The molecule has 0 spiro atoms. The molecule has 0 aliphatic carbocycles. The van der Waals surface area contributed by atoms with Gasteiger partial charge in [0, 0.05) is 12.1 Å². The number of carboxylic acid groups (broad SMARTS) is 1. The van der Waals surface area contributed by atoms with Gasteiger partial charge >= 0.3 is 5.97 Å². The Morgan fingerprint density at radius 3 is 2.36 bits per heavy atom. The van der Waals surface area contributed by atoms with Gasteiger partial charge in [0.15, 0.2) is 11.5 Å². The molecule has 22 heavy (non-hydrogen) atoms. The number of benzene rings is 1. The minimum atomic E-state index is -0.982. The number of hydrogen-bond acceptors (Lipinski definition) is 6. The van der Waals surface area contributed by atoms with Crippen LogP contribution in [-0.4, -0.2) is 53.9 Å². The topological polar surface area (TPSA) is 122 Å². The van der Waals surface area contributed by atoms with Crippen LogP contribution >= 0.6 is 15.9 Å². The predicted octanol–water partition coefficient (Wildman–Crippen LogP) is 1.10. The van der Waals surface area contributed by atoms with Gasteiger partial charge in [-0.25, -0.2) is 10.7 Å². The molecular weight excluding hydrogens is 360 g/mol. The molecule has 0 aromatic heterocycles. The maximum atomic E-state index is 12.3. The second-order valence-electron chi connectivity index (χ2n) is 4.33. The fraction of sp³-hybridized carbons (Fsp3) is 0.385. The summed E-state index contributed by atoms with van der Waals surface area (Å²) in [6.45, 7) is 0.446. The normalized spacial score (nSPS) is 16.0. The Hall–Kier alpha value is -1.84. The maximum Gasteiger partial charge on any atom is 0.326 e. The predicted molar refractivity (Wildman–Crippen MR) is 80.3 cm³/mol. The number of aliphatic carboxylic acids is 1. The first-order valence-electron chi connectivity index (χ1n) is 6.20. The van der Waals surface area contributed by atoms with Crippen LogP contribution in [0, 0.1) is 0 Å². The van der Waals surface area contributed by atoms with Gasteiger partial charge in [0.1, 0.15) is 6.04 Å². The van der Waals surface area contributed by atoms with E-state index in [0.717, 1.165) is 0 Å². The highest BCUT2D eigenvalue weighted by atomic mass is 79.9. The number of methoxy groups -OCH3 is 2. The monoisotopic (exact) mass is 376 g/mol. The number of hydrogen-bond donors (Lipinski definition) is 3. The lowest BCUT2D eigenvalue weighted by Gasteiger charge is -2.38. The van der Waals surface area contributed by atoms with E-state index in [0.29, 0.717) is 34.5 Å². The van der Waals surface area contributed by atoms with E-state index in [4.69, 9.17) is 19.8 Å². The number of amides is 1. The van der Waals surface area contributed by atoms with Crippen molar-refractivity contribution in [2.45, 2.75) is 12.5 Å². The Kier molecular flexibility index (Phi) is 6.60. The Morgan fingerprint density at radius 2 is 1.95 bits per heavy atom. The van der Waals surface area contributed by atoms with E-state index < -0.39 is 12.0 Å².